The fraction of sp³-hybridized carbons (Fsp3) is 0.222. The summed E-state index contributed by atoms with van der Waals surface area (Å²) in [6.45, 7) is 0.496. The first kappa shape index (κ1) is 14.3. The number of aromatic nitrogens is 1. The molecule has 1 amide bonds. The van der Waals surface area contributed by atoms with E-state index in [1.54, 1.807) is 23.6 Å². The van der Waals surface area contributed by atoms with E-state index >= 15 is 0 Å². The maximum absolute atomic E-state index is 13.2. The molecule has 2 atom stereocenters. The number of rotatable bonds is 4. The molecule has 5 heteroatoms. The highest BCUT2D eigenvalue weighted by Crippen LogP contribution is 2.47. The van der Waals surface area contributed by atoms with Gasteiger partial charge in [-0.3, -0.25) is 9.78 Å². The van der Waals surface area contributed by atoms with Crippen LogP contribution in [0.2, 0.25) is 0 Å². The molecule has 1 aromatic carbocycles. The minimum absolute atomic E-state index is 0.0472. The first-order chi connectivity index (χ1) is 11.2. The molecule has 1 N–H and O–H groups in total. The molecule has 0 spiro atoms. The molecule has 0 bridgehead atoms. The summed E-state index contributed by atoms with van der Waals surface area (Å²) in [5, 5.41) is 3.88. The Morgan fingerprint density at radius 3 is 3.09 bits per heavy atom. The molecule has 3 nitrogen and oxygen atoms in total. The van der Waals surface area contributed by atoms with Gasteiger partial charge in [-0.2, -0.15) is 0 Å². The van der Waals surface area contributed by atoms with Crippen LogP contribution in [0.25, 0.3) is 10.1 Å². The SMILES string of the molecule is O=C(NCc1cc2cc(F)ccc2s1)[C@@H]1C[C@H]1c1cccnc1. The van der Waals surface area contributed by atoms with Gasteiger partial charge in [-0.25, -0.2) is 4.39 Å². The number of amides is 1. The van der Waals surface area contributed by atoms with E-state index in [4.69, 9.17) is 0 Å². The van der Waals surface area contributed by atoms with Gasteiger partial charge in [0.05, 0.1) is 6.54 Å². The Balaban J connectivity index is 1.38. The first-order valence-electron chi connectivity index (χ1n) is 7.56. The number of nitrogens with zero attached hydrogens (tertiary/aromatic N) is 1. The Kier molecular flexibility index (Phi) is 3.58. The van der Waals surface area contributed by atoms with E-state index in [1.807, 2.05) is 24.4 Å². The molecule has 0 saturated heterocycles. The van der Waals surface area contributed by atoms with Crippen LogP contribution in [0.5, 0.6) is 0 Å². The fourth-order valence-corrected chi connectivity index (χ4v) is 3.89. The van der Waals surface area contributed by atoms with Gasteiger partial charge in [-0.05, 0) is 53.6 Å². The number of hydrogen-bond donors (Lipinski definition) is 1. The number of fused-ring (bicyclic) bond motifs is 1. The second kappa shape index (κ2) is 5.74. The predicted molar refractivity (Wildman–Crippen MR) is 88.7 cm³/mol. The Hall–Kier alpha value is -2.27. The normalized spacial score (nSPS) is 19.7. The van der Waals surface area contributed by atoms with Gasteiger partial charge in [0.1, 0.15) is 5.82 Å². The van der Waals surface area contributed by atoms with Crippen LogP contribution in [0.4, 0.5) is 4.39 Å². The number of pyridine rings is 1. The Bertz CT molecular complexity index is 862. The third kappa shape index (κ3) is 2.97. The van der Waals surface area contributed by atoms with Crippen LogP contribution in [0.15, 0.2) is 48.8 Å². The molecule has 0 aliphatic heterocycles. The van der Waals surface area contributed by atoms with Gasteiger partial charge in [0, 0.05) is 27.9 Å². The van der Waals surface area contributed by atoms with Crippen molar-refractivity contribution in [3.05, 3.63) is 65.0 Å². The highest BCUT2D eigenvalue weighted by atomic mass is 32.1. The zero-order chi connectivity index (χ0) is 15.8. The maximum atomic E-state index is 13.2. The summed E-state index contributed by atoms with van der Waals surface area (Å²) in [7, 11) is 0. The quantitative estimate of drug-likeness (QED) is 0.791. The number of nitrogens with one attached hydrogen (secondary N) is 1. The molecular weight excluding hydrogens is 311 g/mol. The van der Waals surface area contributed by atoms with Gasteiger partial charge < -0.3 is 5.32 Å². The smallest absolute Gasteiger partial charge is 0.224 e. The third-order valence-corrected chi connectivity index (χ3v) is 5.32. The second-order valence-electron chi connectivity index (χ2n) is 5.85. The van der Waals surface area contributed by atoms with E-state index < -0.39 is 0 Å². The molecule has 4 rings (SSSR count). The number of carbonyl (C=O) groups excluding carboxylic acids is 1. The molecule has 116 valence electrons. The molecule has 3 aromatic rings. The van der Waals surface area contributed by atoms with Crippen LogP contribution in [0.3, 0.4) is 0 Å². The highest BCUT2D eigenvalue weighted by molar-refractivity contribution is 7.19. The number of benzene rings is 1. The zero-order valence-electron chi connectivity index (χ0n) is 12.3. The van der Waals surface area contributed by atoms with Crippen molar-refractivity contribution in [1.82, 2.24) is 10.3 Å². The highest BCUT2D eigenvalue weighted by Gasteiger charge is 2.43. The van der Waals surface area contributed by atoms with E-state index in [0.29, 0.717) is 12.5 Å². The van der Waals surface area contributed by atoms with Crippen molar-refractivity contribution in [3.63, 3.8) is 0 Å². The summed E-state index contributed by atoms with van der Waals surface area (Å²) < 4.78 is 14.2. The lowest BCUT2D eigenvalue weighted by atomic mass is 10.1. The average molecular weight is 326 g/mol. The second-order valence-corrected chi connectivity index (χ2v) is 7.02. The molecule has 1 fully saturated rings. The van der Waals surface area contributed by atoms with Crippen LogP contribution in [0, 0.1) is 11.7 Å². The lowest BCUT2D eigenvalue weighted by Crippen LogP contribution is -2.24. The van der Waals surface area contributed by atoms with Crippen molar-refractivity contribution in [2.45, 2.75) is 18.9 Å². The summed E-state index contributed by atoms with van der Waals surface area (Å²) in [5.74, 6) is 0.192. The molecule has 0 radical (unpaired) electrons. The molecule has 1 aliphatic carbocycles. The summed E-state index contributed by atoms with van der Waals surface area (Å²) in [4.78, 5) is 17.4. The van der Waals surface area contributed by atoms with Gasteiger partial charge in [-0.15, -0.1) is 11.3 Å². The van der Waals surface area contributed by atoms with Crippen molar-refractivity contribution >= 4 is 27.3 Å². The van der Waals surface area contributed by atoms with Crippen molar-refractivity contribution in [1.29, 1.82) is 0 Å². The minimum atomic E-state index is -0.233. The fourth-order valence-electron chi connectivity index (χ4n) is 2.91. The van der Waals surface area contributed by atoms with E-state index in [9.17, 15) is 9.18 Å². The van der Waals surface area contributed by atoms with Gasteiger partial charge in [0.15, 0.2) is 0 Å². The van der Waals surface area contributed by atoms with Crippen molar-refractivity contribution in [3.8, 4) is 0 Å². The Morgan fingerprint density at radius 2 is 2.26 bits per heavy atom. The summed E-state index contributed by atoms with van der Waals surface area (Å²) in [6.07, 6.45) is 4.46. The molecule has 2 heterocycles. The van der Waals surface area contributed by atoms with E-state index in [0.717, 1.165) is 26.9 Å². The molecule has 23 heavy (non-hydrogen) atoms. The van der Waals surface area contributed by atoms with Crippen molar-refractivity contribution in [2.75, 3.05) is 0 Å². The molecule has 1 saturated carbocycles. The monoisotopic (exact) mass is 326 g/mol. The number of thiophene rings is 1. The Morgan fingerprint density at radius 1 is 1.35 bits per heavy atom. The van der Waals surface area contributed by atoms with Crippen molar-refractivity contribution < 1.29 is 9.18 Å². The number of hydrogen-bond acceptors (Lipinski definition) is 3. The molecule has 0 unspecified atom stereocenters. The topological polar surface area (TPSA) is 42.0 Å². The Labute approximate surface area is 137 Å². The molecule has 1 aliphatic rings. The van der Waals surface area contributed by atoms with Crippen LogP contribution in [-0.4, -0.2) is 10.9 Å². The van der Waals surface area contributed by atoms with Crippen LogP contribution >= 0.6 is 11.3 Å². The van der Waals surface area contributed by atoms with Gasteiger partial charge in [-0.1, -0.05) is 6.07 Å². The zero-order valence-corrected chi connectivity index (χ0v) is 13.1. The van der Waals surface area contributed by atoms with E-state index in [-0.39, 0.29) is 17.6 Å². The van der Waals surface area contributed by atoms with Gasteiger partial charge >= 0.3 is 0 Å². The standard InChI is InChI=1S/C18H15FN2OS/c19-13-3-4-17-12(6-13)7-14(23-17)10-21-18(22)16-8-15(16)11-2-1-5-20-9-11/h1-7,9,15-16H,8,10H2,(H,21,22)/t15-,16+/m0/s1. The van der Waals surface area contributed by atoms with Gasteiger partial charge in [0.2, 0.25) is 5.91 Å². The van der Waals surface area contributed by atoms with E-state index in [2.05, 4.69) is 10.3 Å². The molecular formula is C18H15FN2OS. The summed E-state index contributed by atoms with van der Waals surface area (Å²) in [5.41, 5.74) is 1.13. The third-order valence-electron chi connectivity index (χ3n) is 4.21. The van der Waals surface area contributed by atoms with Gasteiger partial charge in [0.25, 0.3) is 0 Å². The number of halogens is 1. The minimum Gasteiger partial charge on any atom is -0.351 e. The van der Waals surface area contributed by atoms with Crippen LogP contribution in [-0.2, 0) is 11.3 Å². The lowest BCUT2D eigenvalue weighted by Gasteiger charge is -2.03. The summed E-state index contributed by atoms with van der Waals surface area (Å²) in [6, 6.07) is 10.6. The lowest BCUT2D eigenvalue weighted by molar-refractivity contribution is -0.122. The van der Waals surface area contributed by atoms with E-state index in [1.165, 1.54) is 12.1 Å². The largest absolute Gasteiger partial charge is 0.351 e. The van der Waals surface area contributed by atoms with Crippen LogP contribution < -0.4 is 5.32 Å². The number of carbonyl (C=O) groups is 1. The summed E-state index contributed by atoms with van der Waals surface area (Å²) >= 11 is 1.59. The first-order valence-corrected chi connectivity index (χ1v) is 8.38. The van der Waals surface area contributed by atoms with Crippen molar-refractivity contribution in [2.24, 2.45) is 5.92 Å². The van der Waals surface area contributed by atoms with Crippen LogP contribution in [0.1, 0.15) is 22.8 Å². The predicted octanol–water partition coefficient (Wildman–Crippen LogP) is 3.86. The molecule has 2 aromatic heterocycles. The maximum Gasteiger partial charge on any atom is 0.224 e. The average Bonchev–Trinajstić information content (AvgIpc) is 3.27.